The number of benzene rings is 1. The molecule has 32 heavy (non-hydrogen) atoms. The van der Waals surface area contributed by atoms with E-state index in [4.69, 9.17) is 10.7 Å². The van der Waals surface area contributed by atoms with Crippen molar-refractivity contribution < 1.29 is 13.5 Å². The molecule has 1 aliphatic heterocycles. The van der Waals surface area contributed by atoms with Crippen LogP contribution < -0.4 is 5.73 Å². The zero-order valence-corrected chi connectivity index (χ0v) is 18.2. The van der Waals surface area contributed by atoms with Gasteiger partial charge in [-0.3, -0.25) is 4.98 Å². The van der Waals surface area contributed by atoms with Crippen molar-refractivity contribution in [3.8, 4) is 22.4 Å². The van der Waals surface area contributed by atoms with Gasteiger partial charge in [-0.1, -0.05) is 36.4 Å². The molecule has 3 N–H and O–H groups in total. The summed E-state index contributed by atoms with van der Waals surface area (Å²) >= 11 is 0. The summed E-state index contributed by atoms with van der Waals surface area (Å²) in [6.45, 7) is -0.282. The van der Waals surface area contributed by atoms with Gasteiger partial charge < -0.3 is 10.8 Å². The molecule has 1 aromatic carbocycles. The maximum absolute atomic E-state index is 11.9. The van der Waals surface area contributed by atoms with E-state index < -0.39 is 9.84 Å². The lowest BCUT2D eigenvalue weighted by atomic mass is 9.94. The molecule has 1 saturated heterocycles. The molecule has 5 rings (SSSR count). The first-order chi connectivity index (χ1) is 15.5. The number of hydrogen-bond donors (Lipinski definition) is 2. The average molecular weight is 450 g/mol. The lowest BCUT2D eigenvalue weighted by Crippen LogP contribution is -2.24. The Morgan fingerprint density at radius 1 is 1.03 bits per heavy atom. The Hall–Kier alpha value is -3.30. The Kier molecular flexibility index (Phi) is 5.15. The molecule has 0 bridgehead atoms. The van der Waals surface area contributed by atoms with Gasteiger partial charge in [-0.15, -0.1) is 0 Å². The molecule has 1 aliphatic rings. The third-order valence-electron chi connectivity index (χ3n) is 6.06. The lowest BCUT2D eigenvalue weighted by Gasteiger charge is -2.24. The molecule has 8 nitrogen and oxygen atoms in total. The third kappa shape index (κ3) is 3.63. The van der Waals surface area contributed by atoms with Crippen molar-refractivity contribution >= 4 is 21.3 Å². The molecule has 0 spiro atoms. The number of aliphatic hydroxyl groups excluding tert-OH is 1. The molecular weight excluding hydrogens is 426 g/mol. The summed E-state index contributed by atoms with van der Waals surface area (Å²) in [6, 6.07) is 13.8. The molecule has 0 saturated carbocycles. The summed E-state index contributed by atoms with van der Waals surface area (Å²) in [5.41, 5.74) is 11.6. The second-order valence-corrected chi connectivity index (χ2v) is 10.3. The minimum Gasteiger partial charge on any atom is -0.391 e. The largest absolute Gasteiger partial charge is 0.391 e. The van der Waals surface area contributed by atoms with Crippen molar-refractivity contribution in [2.45, 2.75) is 25.4 Å². The van der Waals surface area contributed by atoms with Gasteiger partial charge in [-0.25, -0.2) is 13.4 Å². The van der Waals surface area contributed by atoms with E-state index >= 15 is 0 Å². The minimum absolute atomic E-state index is 0.0747. The number of nitrogens with two attached hydrogens (primary N) is 1. The number of anilines is 1. The summed E-state index contributed by atoms with van der Waals surface area (Å²) in [5.74, 6) is 0.480. The van der Waals surface area contributed by atoms with Gasteiger partial charge in [0.2, 0.25) is 0 Å². The molecule has 0 atom stereocenters. The van der Waals surface area contributed by atoms with Gasteiger partial charge in [0.15, 0.2) is 5.65 Å². The Morgan fingerprint density at radius 2 is 1.78 bits per heavy atom. The number of fused-ring (bicyclic) bond motifs is 1. The van der Waals surface area contributed by atoms with Crippen molar-refractivity contribution in [1.82, 2.24) is 19.6 Å². The molecule has 4 aromatic rings. The molecular formula is C23H23N5O3S. The highest BCUT2D eigenvalue weighted by atomic mass is 32.2. The van der Waals surface area contributed by atoms with Gasteiger partial charge in [0.1, 0.15) is 15.7 Å². The van der Waals surface area contributed by atoms with Gasteiger partial charge in [-0.05, 0) is 18.9 Å². The second-order valence-electron chi connectivity index (χ2n) is 8.04. The summed E-state index contributed by atoms with van der Waals surface area (Å²) in [4.78, 5) is 9.43. The molecule has 0 radical (unpaired) electrons. The Bertz CT molecular complexity index is 1370. The normalized spacial score (nSPS) is 16.4. The fraction of sp³-hybridized carbons (Fsp3) is 0.261. The fourth-order valence-corrected chi connectivity index (χ4v) is 5.76. The van der Waals surface area contributed by atoms with Crippen molar-refractivity contribution in [2.24, 2.45) is 0 Å². The van der Waals surface area contributed by atoms with Crippen molar-refractivity contribution in [1.29, 1.82) is 0 Å². The van der Waals surface area contributed by atoms with Crippen LogP contribution in [0.25, 0.3) is 28.0 Å². The predicted octanol–water partition coefficient (Wildman–Crippen LogP) is 2.83. The highest BCUT2D eigenvalue weighted by Gasteiger charge is 2.29. The number of nitrogen functional groups attached to an aromatic ring is 1. The second kappa shape index (κ2) is 7.99. The molecule has 0 amide bonds. The quantitative estimate of drug-likeness (QED) is 0.491. The minimum atomic E-state index is -3.01. The topological polar surface area (TPSA) is 123 Å². The number of hydrogen-bond acceptors (Lipinski definition) is 7. The Balaban J connectivity index is 1.57. The van der Waals surface area contributed by atoms with Crippen LogP contribution in [-0.4, -0.2) is 44.6 Å². The van der Waals surface area contributed by atoms with E-state index in [9.17, 15) is 13.5 Å². The summed E-state index contributed by atoms with van der Waals surface area (Å²) < 4.78 is 25.3. The van der Waals surface area contributed by atoms with Gasteiger partial charge >= 0.3 is 0 Å². The Morgan fingerprint density at radius 3 is 2.44 bits per heavy atom. The molecule has 0 aliphatic carbocycles. The van der Waals surface area contributed by atoms with E-state index in [2.05, 4.69) is 10.1 Å². The summed E-state index contributed by atoms with van der Waals surface area (Å²) in [6.07, 6.45) is 4.40. The number of pyridine rings is 1. The Labute approximate surface area is 185 Å². The summed E-state index contributed by atoms with van der Waals surface area (Å²) in [7, 11) is -3.01. The van der Waals surface area contributed by atoms with E-state index in [1.807, 2.05) is 42.5 Å². The lowest BCUT2D eigenvalue weighted by molar-refractivity contribution is 0.279. The highest BCUT2D eigenvalue weighted by molar-refractivity contribution is 7.91. The van der Waals surface area contributed by atoms with Gasteiger partial charge in [0.25, 0.3) is 0 Å². The zero-order chi connectivity index (χ0) is 22.3. The van der Waals surface area contributed by atoms with E-state index in [1.165, 1.54) is 4.52 Å². The first-order valence-electron chi connectivity index (χ1n) is 10.5. The number of sulfone groups is 1. The molecule has 164 valence electrons. The SMILES string of the molecule is Nc1c(CO)c(C2CCS(=O)(=O)CC2)nc2c(-c3ccc(-c4ccccc4)nc3)cnn12. The number of aromatic nitrogens is 4. The van der Waals surface area contributed by atoms with Crippen LogP contribution in [0.1, 0.15) is 30.0 Å². The molecule has 9 heteroatoms. The van der Waals surface area contributed by atoms with Crippen LogP contribution in [-0.2, 0) is 16.4 Å². The number of rotatable bonds is 4. The van der Waals surface area contributed by atoms with Crippen LogP contribution in [0.4, 0.5) is 5.82 Å². The monoisotopic (exact) mass is 449 g/mol. The van der Waals surface area contributed by atoms with Gasteiger partial charge in [0, 0.05) is 34.4 Å². The van der Waals surface area contributed by atoms with Crippen LogP contribution in [0.5, 0.6) is 0 Å². The van der Waals surface area contributed by atoms with E-state index in [1.54, 1.807) is 12.4 Å². The van der Waals surface area contributed by atoms with Crippen molar-refractivity contribution in [3.63, 3.8) is 0 Å². The number of aliphatic hydroxyl groups is 1. The first kappa shape index (κ1) is 20.6. The summed E-state index contributed by atoms with van der Waals surface area (Å²) in [5, 5.41) is 14.4. The van der Waals surface area contributed by atoms with Gasteiger partial charge in [-0.2, -0.15) is 9.61 Å². The van der Waals surface area contributed by atoms with Crippen LogP contribution in [0.3, 0.4) is 0 Å². The standard InChI is InChI=1S/C23H23N5O3S/c24-22-19(14-29)21(16-8-10-32(30,31)11-9-16)27-23-18(13-26-28(22)23)17-6-7-20(25-12-17)15-4-2-1-3-5-15/h1-7,12-13,16,29H,8-11,14,24H2. The molecule has 4 heterocycles. The maximum atomic E-state index is 11.9. The molecule has 3 aromatic heterocycles. The highest BCUT2D eigenvalue weighted by Crippen LogP contribution is 2.35. The van der Waals surface area contributed by atoms with Crippen molar-refractivity contribution in [2.75, 3.05) is 17.2 Å². The van der Waals surface area contributed by atoms with E-state index in [0.29, 0.717) is 35.6 Å². The maximum Gasteiger partial charge on any atom is 0.165 e. The van der Waals surface area contributed by atoms with Gasteiger partial charge in [0.05, 0.1) is 35.7 Å². The van der Waals surface area contributed by atoms with Crippen LogP contribution in [0.2, 0.25) is 0 Å². The molecule has 0 unspecified atom stereocenters. The number of nitrogens with zero attached hydrogens (tertiary/aromatic N) is 4. The predicted molar refractivity (Wildman–Crippen MR) is 123 cm³/mol. The van der Waals surface area contributed by atoms with Crippen LogP contribution in [0.15, 0.2) is 54.9 Å². The zero-order valence-electron chi connectivity index (χ0n) is 17.3. The van der Waals surface area contributed by atoms with Crippen LogP contribution in [0, 0.1) is 0 Å². The van der Waals surface area contributed by atoms with Crippen molar-refractivity contribution in [3.05, 3.63) is 66.1 Å². The smallest absolute Gasteiger partial charge is 0.165 e. The van der Waals surface area contributed by atoms with E-state index in [0.717, 1.165) is 22.4 Å². The van der Waals surface area contributed by atoms with Crippen LogP contribution >= 0.6 is 0 Å². The van der Waals surface area contributed by atoms with E-state index in [-0.39, 0.29) is 24.0 Å². The average Bonchev–Trinajstić information content (AvgIpc) is 3.24. The fourth-order valence-electron chi connectivity index (χ4n) is 4.27. The molecule has 1 fully saturated rings. The third-order valence-corrected chi connectivity index (χ3v) is 7.78. The first-order valence-corrected chi connectivity index (χ1v) is 12.3.